The van der Waals surface area contributed by atoms with Gasteiger partial charge in [0.25, 0.3) is 0 Å². The number of hydrogen-bond donors (Lipinski definition) is 2. The topological polar surface area (TPSA) is 85.1 Å². The molecule has 3 N–H and O–H groups in total. The molecule has 2 aromatic rings. The van der Waals surface area contributed by atoms with E-state index in [1.54, 1.807) is 18.6 Å². The highest BCUT2D eigenvalue weighted by atomic mass is 32.1. The summed E-state index contributed by atoms with van der Waals surface area (Å²) in [4.78, 5) is 29.1. The van der Waals surface area contributed by atoms with Crippen molar-refractivity contribution in [2.45, 2.75) is 32.2 Å². The molecule has 125 valence electrons. The maximum Gasteiger partial charge on any atom is 0.248 e. The predicted molar refractivity (Wildman–Crippen MR) is 95.1 cm³/mol. The number of thiazole rings is 1. The fourth-order valence-corrected chi connectivity index (χ4v) is 3.79. The van der Waals surface area contributed by atoms with Gasteiger partial charge in [0.2, 0.25) is 5.91 Å². The number of nitrogens with two attached hydrogens (primary N) is 1. The molecule has 2 heterocycles. The second kappa shape index (κ2) is 7.23. The summed E-state index contributed by atoms with van der Waals surface area (Å²) >= 11 is 1.48. The predicted octanol–water partition coefficient (Wildman–Crippen LogP) is 2.75. The number of Topliss-reactive ketones (excluding diaryl/α,β-unsaturated/α-hetero) is 1. The number of aryl methyl sites for hydroxylation is 1. The largest absolute Gasteiger partial charge is 0.366 e. The summed E-state index contributed by atoms with van der Waals surface area (Å²) in [5.74, 6) is -0.511. The number of nitrogens with zero attached hydrogens (tertiary/aromatic N) is 1. The highest BCUT2D eigenvalue weighted by molar-refractivity contribution is 7.15. The zero-order chi connectivity index (χ0) is 17.1. The van der Waals surface area contributed by atoms with Gasteiger partial charge in [-0.05, 0) is 44.0 Å². The normalized spacial score (nSPS) is 17.6. The Morgan fingerprint density at radius 2 is 2.04 bits per heavy atom. The number of carbonyl (C=O) groups excluding carboxylic acids is 2. The van der Waals surface area contributed by atoms with Gasteiger partial charge < -0.3 is 11.1 Å². The molecule has 0 bridgehead atoms. The first-order valence-corrected chi connectivity index (χ1v) is 8.86. The third-order valence-electron chi connectivity index (χ3n) is 4.10. The summed E-state index contributed by atoms with van der Waals surface area (Å²) in [5, 5.41) is 4.20. The average Bonchev–Trinajstić information content (AvgIpc) is 2.98. The first-order valence-electron chi connectivity index (χ1n) is 8.05. The van der Waals surface area contributed by atoms with Gasteiger partial charge in [-0.15, -0.1) is 11.3 Å². The Labute approximate surface area is 145 Å². The summed E-state index contributed by atoms with van der Waals surface area (Å²) < 4.78 is 0. The Bertz CT molecular complexity index is 746. The lowest BCUT2D eigenvalue weighted by atomic mass is 9.98. The SMILES string of the molecule is Cc1nc(C(=O)[CH]C2CCCCN2)c(-c2ccc(C(N)=O)cc2)s1. The number of nitrogens with one attached hydrogen (secondary N) is 1. The van der Waals surface area contributed by atoms with E-state index in [1.807, 2.05) is 19.1 Å². The minimum atomic E-state index is -0.463. The van der Waals surface area contributed by atoms with Crippen LogP contribution in [0.25, 0.3) is 10.4 Å². The van der Waals surface area contributed by atoms with Crippen LogP contribution in [0.15, 0.2) is 24.3 Å². The van der Waals surface area contributed by atoms with Crippen molar-refractivity contribution in [3.05, 3.63) is 47.0 Å². The van der Waals surface area contributed by atoms with Crippen LogP contribution < -0.4 is 11.1 Å². The Kier molecular flexibility index (Phi) is 5.06. The second-order valence-corrected chi connectivity index (χ2v) is 7.14. The first kappa shape index (κ1) is 16.8. The fraction of sp³-hybridized carbons (Fsp3) is 0.333. The van der Waals surface area contributed by atoms with E-state index < -0.39 is 5.91 Å². The van der Waals surface area contributed by atoms with Crippen LogP contribution >= 0.6 is 11.3 Å². The van der Waals surface area contributed by atoms with Crippen LogP contribution in [0, 0.1) is 13.3 Å². The van der Waals surface area contributed by atoms with E-state index in [9.17, 15) is 9.59 Å². The molecular formula is C18H20N3O2S. The molecule has 1 atom stereocenters. The molecule has 1 aliphatic heterocycles. The van der Waals surface area contributed by atoms with Crippen molar-refractivity contribution in [2.24, 2.45) is 5.73 Å². The zero-order valence-electron chi connectivity index (χ0n) is 13.5. The van der Waals surface area contributed by atoms with E-state index in [0.29, 0.717) is 11.3 Å². The monoisotopic (exact) mass is 342 g/mol. The molecule has 0 saturated carbocycles. The fourth-order valence-electron chi connectivity index (χ4n) is 2.86. The Morgan fingerprint density at radius 1 is 1.29 bits per heavy atom. The van der Waals surface area contributed by atoms with Crippen LogP contribution in [0.2, 0.25) is 0 Å². The summed E-state index contributed by atoms with van der Waals surface area (Å²) in [7, 11) is 0. The highest BCUT2D eigenvalue weighted by Gasteiger charge is 2.23. The molecule has 1 radical (unpaired) electrons. The highest BCUT2D eigenvalue weighted by Crippen LogP contribution is 2.31. The molecular weight excluding hydrogens is 322 g/mol. The lowest BCUT2D eigenvalue weighted by Crippen LogP contribution is -2.36. The van der Waals surface area contributed by atoms with Crippen LogP contribution in [-0.4, -0.2) is 29.3 Å². The summed E-state index contributed by atoms with van der Waals surface area (Å²) in [5.41, 5.74) is 7.08. The lowest BCUT2D eigenvalue weighted by molar-refractivity contribution is 0.0995. The lowest BCUT2D eigenvalue weighted by Gasteiger charge is -2.22. The first-order chi connectivity index (χ1) is 11.5. The number of rotatable bonds is 5. The molecule has 1 unspecified atom stereocenters. The van der Waals surface area contributed by atoms with Gasteiger partial charge in [-0.3, -0.25) is 9.59 Å². The van der Waals surface area contributed by atoms with Crippen molar-refractivity contribution < 1.29 is 9.59 Å². The average molecular weight is 342 g/mol. The molecule has 24 heavy (non-hydrogen) atoms. The van der Waals surface area contributed by atoms with Crippen LogP contribution in [0.1, 0.15) is 45.1 Å². The van der Waals surface area contributed by atoms with Gasteiger partial charge in [-0.2, -0.15) is 0 Å². The number of benzene rings is 1. The maximum atomic E-state index is 12.7. The van der Waals surface area contributed by atoms with E-state index in [1.165, 1.54) is 11.3 Å². The van der Waals surface area contributed by atoms with Gasteiger partial charge >= 0.3 is 0 Å². The minimum absolute atomic E-state index is 0.0484. The maximum absolute atomic E-state index is 12.7. The zero-order valence-corrected chi connectivity index (χ0v) is 14.4. The number of hydrogen-bond acceptors (Lipinski definition) is 5. The molecule has 3 rings (SSSR count). The molecule has 0 aliphatic carbocycles. The quantitative estimate of drug-likeness (QED) is 0.818. The van der Waals surface area contributed by atoms with Crippen molar-refractivity contribution >= 4 is 23.0 Å². The van der Waals surface area contributed by atoms with E-state index in [2.05, 4.69) is 10.3 Å². The van der Waals surface area contributed by atoms with Crippen LogP contribution in [0.5, 0.6) is 0 Å². The molecule has 1 aliphatic rings. The molecule has 1 saturated heterocycles. The van der Waals surface area contributed by atoms with Crippen LogP contribution in [0.4, 0.5) is 0 Å². The molecule has 1 aromatic heterocycles. The Morgan fingerprint density at radius 3 is 2.67 bits per heavy atom. The van der Waals surface area contributed by atoms with Crippen LogP contribution in [0.3, 0.4) is 0 Å². The summed E-state index contributed by atoms with van der Waals surface area (Å²) in [6.07, 6.45) is 5.03. The van der Waals surface area contributed by atoms with Gasteiger partial charge in [-0.25, -0.2) is 4.98 Å². The summed E-state index contributed by atoms with van der Waals surface area (Å²) in [6.45, 7) is 2.84. The number of primary amides is 1. The molecule has 6 heteroatoms. The third kappa shape index (κ3) is 3.71. The van der Waals surface area contributed by atoms with Gasteiger partial charge in [-0.1, -0.05) is 18.6 Å². The van der Waals surface area contributed by atoms with Gasteiger partial charge in [0.15, 0.2) is 5.78 Å². The third-order valence-corrected chi connectivity index (χ3v) is 5.12. The number of aromatic nitrogens is 1. The van der Waals surface area contributed by atoms with E-state index >= 15 is 0 Å². The number of piperidine rings is 1. The Balaban J connectivity index is 1.84. The molecule has 0 spiro atoms. The molecule has 1 amide bonds. The van der Waals surface area contributed by atoms with Crippen molar-refractivity contribution in [3.63, 3.8) is 0 Å². The van der Waals surface area contributed by atoms with Crippen molar-refractivity contribution in [1.29, 1.82) is 0 Å². The van der Waals surface area contributed by atoms with Crippen molar-refractivity contribution in [3.8, 4) is 10.4 Å². The number of ketones is 1. The van der Waals surface area contributed by atoms with Crippen molar-refractivity contribution in [2.75, 3.05) is 6.54 Å². The molecule has 1 aromatic carbocycles. The standard InChI is InChI=1S/C18H20N3O2S/c1-11-21-16(15(22)10-14-4-2-3-9-20-14)17(24-11)12-5-7-13(8-6-12)18(19)23/h5-8,10,14,20H,2-4,9H2,1H3,(H2,19,23). The van der Waals surface area contributed by atoms with Gasteiger partial charge in [0.05, 0.1) is 16.3 Å². The minimum Gasteiger partial charge on any atom is -0.366 e. The van der Waals surface area contributed by atoms with Crippen molar-refractivity contribution in [1.82, 2.24) is 10.3 Å². The van der Waals surface area contributed by atoms with E-state index in [-0.39, 0.29) is 11.8 Å². The Hall–Kier alpha value is -2.05. The smallest absolute Gasteiger partial charge is 0.248 e. The molecule has 1 fully saturated rings. The van der Waals surface area contributed by atoms with Gasteiger partial charge in [0.1, 0.15) is 5.69 Å². The number of amides is 1. The summed E-state index contributed by atoms with van der Waals surface area (Å²) in [6, 6.07) is 7.09. The van der Waals surface area contributed by atoms with Gasteiger partial charge in [0, 0.05) is 11.6 Å². The molecule has 5 nitrogen and oxygen atoms in total. The number of carbonyl (C=O) groups is 2. The van der Waals surface area contributed by atoms with E-state index in [4.69, 9.17) is 5.73 Å². The van der Waals surface area contributed by atoms with Crippen LogP contribution in [-0.2, 0) is 0 Å². The van der Waals surface area contributed by atoms with E-state index in [0.717, 1.165) is 41.3 Å². The second-order valence-electron chi connectivity index (χ2n) is 5.94.